The van der Waals surface area contributed by atoms with Crippen LogP contribution >= 0.6 is 0 Å². The zero-order valence-electron chi connectivity index (χ0n) is 18.9. The molecule has 2 aliphatic rings. The minimum absolute atomic E-state index is 0.231. The molecule has 1 aromatic heterocycles. The molecule has 0 aliphatic carbocycles. The third-order valence-corrected chi connectivity index (χ3v) is 5.98. The minimum atomic E-state index is -0.477. The van der Waals surface area contributed by atoms with E-state index >= 15 is 0 Å². The molecule has 0 radical (unpaired) electrons. The summed E-state index contributed by atoms with van der Waals surface area (Å²) in [5, 5.41) is 3.20. The lowest BCUT2D eigenvalue weighted by molar-refractivity contribution is -0.120. The van der Waals surface area contributed by atoms with E-state index in [1.165, 1.54) is 4.90 Å². The van der Waals surface area contributed by atoms with Crippen molar-refractivity contribution in [2.24, 2.45) is 0 Å². The second-order valence-corrected chi connectivity index (χ2v) is 9.33. The molecule has 0 spiro atoms. The summed E-state index contributed by atoms with van der Waals surface area (Å²) >= 11 is 0. The molecule has 7 nitrogen and oxygen atoms in total. The number of aryl methyl sites for hydroxylation is 2. The molecule has 1 fully saturated rings. The van der Waals surface area contributed by atoms with E-state index in [4.69, 9.17) is 0 Å². The molecule has 0 bridgehead atoms. The molecule has 3 heterocycles. The Morgan fingerprint density at radius 2 is 1.71 bits per heavy atom. The summed E-state index contributed by atoms with van der Waals surface area (Å²) in [6, 6.07) is 7.34. The molecule has 7 heteroatoms. The highest BCUT2D eigenvalue weighted by Gasteiger charge is 2.45. The monoisotopic (exact) mass is 422 g/mol. The molecule has 2 aromatic rings. The number of aromatic nitrogens is 2. The third-order valence-electron chi connectivity index (χ3n) is 5.98. The summed E-state index contributed by atoms with van der Waals surface area (Å²) < 4.78 is 1.56. The predicted molar refractivity (Wildman–Crippen MR) is 121 cm³/mol. The number of nitrogens with zero attached hydrogens (tertiary/aromatic N) is 3. The Kier molecular flexibility index (Phi) is 5.15. The van der Waals surface area contributed by atoms with E-state index in [1.807, 2.05) is 57.7 Å². The number of aromatic amines is 1. The molecule has 0 atom stereocenters. The second kappa shape index (κ2) is 7.55. The number of benzene rings is 1. The van der Waals surface area contributed by atoms with Gasteiger partial charge in [0.05, 0.1) is 22.4 Å². The SMILES string of the molecule is CCc1[nH]n(C(C)(C)C)c(=O)c1C1=C(N2CCCC2)C(=O)N(c2cccc(C)c2)C1=O. The van der Waals surface area contributed by atoms with E-state index in [-0.39, 0.29) is 17.0 Å². The van der Waals surface area contributed by atoms with Crippen LogP contribution in [0.5, 0.6) is 0 Å². The quantitative estimate of drug-likeness (QED) is 0.768. The van der Waals surface area contributed by atoms with Crippen molar-refractivity contribution in [3.8, 4) is 0 Å². The second-order valence-electron chi connectivity index (χ2n) is 9.33. The Morgan fingerprint density at radius 1 is 1.03 bits per heavy atom. The van der Waals surface area contributed by atoms with Crippen LogP contribution in [-0.2, 0) is 21.5 Å². The smallest absolute Gasteiger partial charge is 0.282 e. The normalized spacial score (nSPS) is 17.5. The standard InChI is InChI=1S/C24H30N4O3/c1-6-17-18(22(30)28(25-17)24(3,4)5)19-20(26-12-7-8-13-26)23(31)27(21(19)29)16-11-9-10-15(2)14-16/h9-11,14,25H,6-8,12-13H2,1-5H3. The molecule has 1 saturated heterocycles. The van der Waals surface area contributed by atoms with Crippen molar-refractivity contribution >= 4 is 23.1 Å². The molecular formula is C24H30N4O3. The van der Waals surface area contributed by atoms with E-state index in [2.05, 4.69) is 5.10 Å². The van der Waals surface area contributed by atoms with Crippen LogP contribution in [0.2, 0.25) is 0 Å². The van der Waals surface area contributed by atoms with Gasteiger partial charge in [-0.25, -0.2) is 9.58 Å². The molecule has 164 valence electrons. The Morgan fingerprint density at radius 3 is 2.29 bits per heavy atom. The molecule has 4 rings (SSSR count). The maximum atomic E-state index is 13.7. The van der Waals surface area contributed by atoms with Gasteiger partial charge >= 0.3 is 0 Å². The zero-order chi connectivity index (χ0) is 22.5. The van der Waals surface area contributed by atoms with Crippen LogP contribution in [0, 0.1) is 6.92 Å². The highest BCUT2D eigenvalue weighted by molar-refractivity contribution is 6.45. The van der Waals surface area contributed by atoms with Crippen molar-refractivity contribution in [1.82, 2.24) is 14.7 Å². The highest BCUT2D eigenvalue weighted by atomic mass is 16.2. The van der Waals surface area contributed by atoms with Gasteiger partial charge in [-0.3, -0.25) is 19.5 Å². The summed E-state index contributed by atoms with van der Waals surface area (Å²) in [5.74, 6) is -0.776. The first kappa shape index (κ1) is 21.2. The number of hydrogen-bond donors (Lipinski definition) is 1. The number of nitrogens with one attached hydrogen (secondary N) is 1. The van der Waals surface area contributed by atoms with E-state index in [0.717, 1.165) is 18.4 Å². The van der Waals surface area contributed by atoms with Gasteiger partial charge in [0.2, 0.25) is 0 Å². The number of hydrogen-bond acceptors (Lipinski definition) is 4. The van der Waals surface area contributed by atoms with Crippen molar-refractivity contribution in [3.63, 3.8) is 0 Å². The van der Waals surface area contributed by atoms with E-state index in [0.29, 0.717) is 42.2 Å². The number of carbonyl (C=O) groups excluding carboxylic acids is 2. The molecule has 2 aliphatic heterocycles. The first-order chi connectivity index (χ1) is 14.6. The Labute approximate surface area is 182 Å². The molecule has 0 unspecified atom stereocenters. The number of carbonyl (C=O) groups is 2. The van der Waals surface area contributed by atoms with Gasteiger partial charge in [-0.15, -0.1) is 0 Å². The topological polar surface area (TPSA) is 78.4 Å². The largest absolute Gasteiger partial charge is 0.366 e. The van der Waals surface area contributed by atoms with Crippen LogP contribution in [-0.4, -0.2) is 39.6 Å². The van der Waals surface area contributed by atoms with Gasteiger partial charge in [0.1, 0.15) is 5.70 Å². The van der Waals surface area contributed by atoms with Gasteiger partial charge < -0.3 is 4.90 Å². The molecule has 2 amide bonds. The lowest BCUT2D eigenvalue weighted by Gasteiger charge is -2.20. The number of amides is 2. The fourth-order valence-electron chi connectivity index (χ4n) is 4.45. The van der Waals surface area contributed by atoms with Gasteiger partial charge in [0.25, 0.3) is 17.4 Å². The molecule has 1 N–H and O–H groups in total. The number of H-pyrrole nitrogens is 1. The van der Waals surface area contributed by atoms with Crippen molar-refractivity contribution in [2.75, 3.05) is 18.0 Å². The Bertz CT molecular complexity index is 1140. The van der Waals surface area contributed by atoms with Crippen LogP contribution in [0.1, 0.15) is 57.4 Å². The molecule has 1 aromatic carbocycles. The zero-order valence-corrected chi connectivity index (χ0v) is 18.9. The number of anilines is 1. The van der Waals surface area contributed by atoms with E-state index < -0.39 is 11.4 Å². The first-order valence-corrected chi connectivity index (χ1v) is 10.9. The van der Waals surface area contributed by atoms with Crippen LogP contribution in [0.4, 0.5) is 5.69 Å². The summed E-state index contributed by atoms with van der Waals surface area (Å²) in [6.07, 6.45) is 2.47. The lowest BCUT2D eigenvalue weighted by Crippen LogP contribution is -2.35. The van der Waals surface area contributed by atoms with Gasteiger partial charge in [-0.1, -0.05) is 19.1 Å². The van der Waals surface area contributed by atoms with E-state index in [9.17, 15) is 14.4 Å². The molecule has 0 saturated carbocycles. The number of rotatable bonds is 4. The van der Waals surface area contributed by atoms with Gasteiger partial charge in [-0.05, 0) is 64.7 Å². The van der Waals surface area contributed by atoms with Gasteiger partial charge in [0, 0.05) is 18.8 Å². The molecule has 31 heavy (non-hydrogen) atoms. The first-order valence-electron chi connectivity index (χ1n) is 10.9. The van der Waals surface area contributed by atoms with Gasteiger partial charge in [-0.2, -0.15) is 0 Å². The fourth-order valence-corrected chi connectivity index (χ4v) is 4.45. The average Bonchev–Trinajstić information content (AvgIpc) is 3.38. The Balaban J connectivity index is 1.95. The van der Waals surface area contributed by atoms with Crippen LogP contribution in [0.25, 0.3) is 5.57 Å². The summed E-state index contributed by atoms with van der Waals surface area (Å²) in [4.78, 5) is 44.0. The van der Waals surface area contributed by atoms with Crippen molar-refractivity contribution in [2.45, 2.75) is 59.4 Å². The van der Waals surface area contributed by atoms with E-state index in [1.54, 1.807) is 10.7 Å². The maximum Gasteiger partial charge on any atom is 0.282 e. The fraction of sp³-hybridized carbons (Fsp3) is 0.458. The minimum Gasteiger partial charge on any atom is -0.366 e. The average molecular weight is 423 g/mol. The summed E-state index contributed by atoms with van der Waals surface area (Å²) in [6.45, 7) is 11.1. The van der Waals surface area contributed by atoms with Crippen molar-refractivity contribution in [1.29, 1.82) is 0 Å². The predicted octanol–water partition coefficient (Wildman–Crippen LogP) is 3.18. The van der Waals surface area contributed by atoms with Gasteiger partial charge in [0.15, 0.2) is 0 Å². The third kappa shape index (κ3) is 3.42. The number of imide groups is 1. The lowest BCUT2D eigenvalue weighted by atomic mass is 10.0. The Hall–Kier alpha value is -3.09. The molecular weight excluding hydrogens is 392 g/mol. The van der Waals surface area contributed by atoms with Crippen LogP contribution in [0.15, 0.2) is 34.8 Å². The summed E-state index contributed by atoms with van der Waals surface area (Å²) in [7, 11) is 0. The maximum absolute atomic E-state index is 13.7. The summed E-state index contributed by atoms with van der Waals surface area (Å²) in [5.41, 5.74) is 2.35. The van der Waals surface area contributed by atoms with Crippen LogP contribution in [0.3, 0.4) is 0 Å². The van der Waals surface area contributed by atoms with Crippen molar-refractivity contribution in [3.05, 3.63) is 57.1 Å². The van der Waals surface area contributed by atoms with Crippen LogP contribution < -0.4 is 10.5 Å². The van der Waals surface area contributed by atoms with Crippen molar-refractivity contribution < 1.29 is 9.59 Å². The highest BCUT2D eigenvalue weighted by Crippen LogP contribution is 2.36. The number of likely N-dealkylation sites (tertiary alicyclic amines) is 1.